The van der Waals surface area contributed by atoms with E-state index in [-0.39, 0.29) is 10.8 Å². The van der Waals surface area contributed by atoms with Crippen LogP contribution >= 0.6 is 0 Å². The molecule has 0 aliphatic heterocycles. The first kappa shape index (κ1) is 23.2. The highest BCUT2D eigenvalue weighted by atomic mass is 32.2. The molecule has 3 rings (SSSR count). The van der Waals surface area contributed by atoms with Crippen molar-refractivity contribution < 1.29 is 22.7 Å². The number of hydrogen-bond acceptors (Lipinski definition) is 6. The Morgan fingerprint density at radius 2 is 1.59 bits per heavy atom. The summed E-state index contributed by atoms with van der Waals surface area (Å²) < 4.78 is 37.5. The zero-order chi connectivity index (χ0) is 23.1. The number of ether oxygens (including phenoxy) is 2. The molecule has 0 bridgehead atoms. The van der Waals surface area contributed by atoms with Gasteiger partial charge in [0.1, 0.15) is 17.2 Å². The molecule has 1 heterocycles. The number of nitrogens with zero attached hydrogens (tertiary/aromatic N) is 2. The maximum Gasteiger partial charge on any atom is 0.255 e. The molecule has 8 nitrogen and oxygen atoms in total. The Kier molecular flexibility index (Phi) is 7.45. The van der Waals surface area contributed by atoms with Gasteiger partial charge in [-0.1, -0.05) is 13.8 Å². The van der Waals surface area contributed by atoms with Crippen molar-refractivity contribution >= 4 is 21.6 Å². The van der Waals surface area contributed by atoms with Crippen molar-refractivity contribution in [2.75, 3.05) is 25.5 Å². The SMILES string of the molecule is CCN(CC)S(=O)(=O)c1ccc(C(=O)Nc2cccnc2Oc2ccc(OC)cc2)cc1. The number of anilines is 1. The second-order valence-electron chi connectivity index (χ2n) is 6.70. The van der Waals surface area contributed by atoms with E-state index in [1.165, 1.54) is 28.6 Å². The number of pyridine rings is 1. The molecule has 0 atom stereocenters. The van der Waals surface area contributed by atoms with Crippen molar-refractivity contribution in [2.24, 2.45) is 0 Å². The first-order valence-electron chi connectivity index (χ1n) is 10.1. The van der Waals surface area contributed by atoms with Crippen molar-refractivity contribution in [3.63, 3.8) is 0 Å². The van der Waals surface area contributed by atoms with Crippen molar-refractivity contribution in [3.05, 3.63) is 72.4 Å². The number of rotatable bonds is 9. The van der Waals surface area contributed by atoms with E-state index in [9.17, 15) is 13.2 Å². The van der Waals surface area contributed by atoms with E-state index in [1.54, 1.807) is 63.6 Å². The molecule has 0 spiro atoms. The molecule has 0 saturated carbocycles. The number of aromatic nitrogens is 1. The van der Waals surface area contributed by atoms with Gasteiger partial charge in [0.25, 0.3) is 5.91 Å². The Hall–Kier alpha value is -3.43. The minimum Gasteiger partial charge on any atom is -0.497 e. The highest BCUT2D eigenvalue weighted by molar-refractivity contribution is 7.89. The van der Waals surface area contributed by atoms with E-state index in [4.69, 9.17) is 9.47 Å². The van der Waals surface area contributed by atoms with Gasteiger partial charge < -0.3 is 14.8 Å². The minimum atomic E-state index is -3.59. The zero-order valence-electron chi connectivity index (χ0n) is 18.1. The average molecular weight is 456 g/mol. The molecule has 32 heavy (non-hydrogen) atoms. The largest absolute Gasteiger partial charge is 0.497 e. The molecule has 0 saturated heterocycles. The summed E-state index contributed by atoms with van der Waals surface area (Å²) in [6.07, 6.45) is 1.56. The van der Waals surface area contributed by atoms with Gasteiger partial charge >= 0.3 is 0 Å². The van der Waals surface area contributed by atoms with E-state index in [1.807, 2.05) is 0 Å². The molecule has 168 valence electrons. The fourth-order valence-corrected chi connectivity index (χ4v) is 4.47. The monoisotopic (exact) mass is 455 g/mol. The summed E-state index contributed by atoms with van der Waals surface area (Å²) in [5.74, 6) is 1.04. The Labute approximate surface area is 187 Å². The lowest BCUT2D eigenvalue weighted by atomic mass is 10.2. The third kappa shape index (κ3) is 5.24. The second-order valence-corrected chi connectivity index (χ2v) is 8.64. The standard InChI is InChI=1S/C23H25N3O5S/c1-4-26(5-2)32(28,29)20-14-8-17(9-15-20)22(27)25-21-7-6-16-24-23(21)31-19-12-10-18(30-3)11-13-19/h6-16H,4-5H2,1-3H3,(H,25,27). The highest BCUT2D eigenvalue weighted by Crippen LogP contribution is 2.28. The van der Waals surface area contributed by atoms with Crippen LogP contribution in [0.2, 0.25) is 0 Å². The van der Waals surface area contributed by atoms with Crippen molar-refractivity contribution in [3.8, 4) is 17.4 Å². The molecule has 0 aliphatic rings. The zero-order valence-corrected chi connectivity index (χ0v) is 18.9. The summed E-state index contributed by atoms with van der Waals surface area (Å²) in [5.41, 5.74) is 0.691. The number of carbonyl (C=O) groups is 1. The number of sulfonamides is 1. The molecule has 1 amide bonds. The van der Waals surface area contributed by atoms with E-state index in [0.29, 0.717) is 35.8 Å². The number of carbonyl (C=O) groups excluding carboxylic acids is 1. The number of benzene rings is 2. The normalized spacial score (nSPS) is 11.2. The third-order valence-corrected chi connectivity index (χ3v) is 6.82. The lowest BCUT2D eigenvalue weighted by Gasteiger charge is -2.18. The van der Waals surface area contributed by atoms with Gasteiger partial charge in [-0.05, 0) is 60.7 Å². The molecule has 3 aromatic rings. The molecule has 0 aliphatic carbocycles. The third-order valence-electron chi connectivity index (χ3n) is 4.75. The van der Waals surface area contributed by atoms with Crippen LogP contribution in [0, 0.1) is 0 Å². The van der Waals surface area contributed by atoms with Crippen LogP contribution in [0.1, 0.15) is 24.2 Å². The number of amides is 1. The van der Waals surface area contributed by atoms with E-state index >= 15 is 0 Å². The topological polar surface area (TPSA) is 97.8 Å². The molecule has 1 N–H and O–H groups in total. The molecular formula is C23H25N3O5S. The van der Waals surface area contributed by atoms with Crippen LogP contribution in [0.4, 0.5) is 5.69 Å². The summed E-state index contributed by atoms with van der Waals surface area (Å²) in [5, 5.41) is 2.76. The molecule has 0 fully saturated rings. The van der Waals surface area contributed by atoms with E-state index in [0.717, 1.165) is 0 Å². The van der Waals surface area contributed by atoms with Crippen LogP contribution in [-0.4, -0.2) is 43.8 Å². The lowest BCUT2D eigenvalue weighted by Crippen LogP contribution is -2.30. The minimum absolute atomic E-state index is 0.141. The summed E-state index contributed by atoms with van der Waals surface area (Å²) in [7, 11) is -2.01. The smallest absolute Gasteiger partial charge is 0.255 e. The Bertz CT molecular complexity index is 1160. The second kappa shape index (κ2) is 10.3. The highest BCUT2D eigenvalue weighted by Gasteiger charge is 2.22. The fraction of sp³-hybridized carbons (Fsp3) is 0.217. The predicted molar refractivity (Wildman–Crippen MR) is 122 cm³/mol. The van der Waals surface area contributed by atoms with Gasteiger partial charge in [0.15, 0.2) is 0 Å². The summed E-state index contributed by atoms with van der Waals surface area (Å²) in [4.78, 5) is 17.1. The van der Waals surface area contributed by atoms with Crippen molar-refractivity contribution in [2.45, 2.75) is 18.7 Å². The van der Waals surface area contributed by atoms with Crippen LogP contribution in [0.5, 0.6) is 17.4 Å². The number of hydrogen-bond donors (Lipinski definition) is 1. The summed E-state index contributed by atoms with van der Waals surface area (Å²) >= 11 is 0. The maximum atomic E-state index is 12.7. The van der Waals surface area contributed by atoms with Crippen LogP contribution < -0.4 is 14.8 Å². The first-order valence-corrected chi connectivity index (χ1v) is 11.5. The maximum absolute atomic E-state index is 12.7. The summed E-state index contributed by atoms with van der Waals surface area (Å²) in [6.45, 7) is 4.31. The van der Waals surface area contributed by atoms with E-state index in [2.05, 4.69) is 10.3 Å². The fourth-order valence-electron chi connectivity index (χ4n) is 3.01. The van der Waals surface area contributed by atoms with Crippen LogP contribution in [0.15, 0.2) is 71.8 Å². The Morgan fingerprint density at radius 1 is 0.969 bits per heavy atom. The van der Waals surface area contributed by atoms with Gasteiger partial charge in [-0.25, -0.2) is 13.4 Å². The van der Waals surface area contributed by atoms with Crippen molar-refractivity contribution in [1.82, 2.24) is 9.29 Å². The number of nitrogens with one attached hydrogen (secondary N) is 1. The van der Waals surface area contributed by atoms with Crippen LogP contribution in [0.3, 0.4) is 0 Å². The van der Waals surface area contributed by atoms with Crippen LogP contribution in [0.25, 0.3) is 0 Å². The van der Waals surface area contributed by atoms with Gasteiger partial charge in [0.05, 0.1) is 12.0 Å². The average Bonchev–Trinajstić information content (AvgIpc) is 2.81. The number of methoxy groups -OCH3 is 1. The summed E-state index contributed by atoms with van der Waals surface area (Å²) in [6, 6.07) is 16.1. The van der Waals surface area contributed by atoms with Crippen molar-refractivity contribution in [1.29, 1.82) is 0 Å². The van der Waals surface area contributed by atoms with Gasteiger partial charge in [-0.15, -0.1) is 0 Å². The van der Waals surface area contributed by atoms with Gasteiger partial charge in [-0.2, -0.15) is 4.31 Å². The first-order chi connectivity index (χ1) is 15.4. The van der Waals surface area contributed by atoms with E-state index < -0.39 is 15.9 Å². The molecule has 9 heteroatoms. The van der Waals surface area contributed by atoms with Gasteiger partial charge in [0.2, 0.25) is 15.9 Å². The van der Waals surface area contributed by atoms with Crippen LogP contribution in [-0.2, 0) is 10.0 Å². The molecule has 0 unspecified atom stereocenters. The predicted octanol–water partition coefficient (Wildman–Crippen LogP) is 4.17. The van der Waals surface area contributed by atoms with Gasteiger partial charge in [-0.3, -0.25) is 4.79 Å². The lowest BCUT2D eigenvalue weighted by molar-refractivity contribution is 0.102. The molecular weight excluding hydrogens is 430 g/mol. The quantitative estimate of drug-likeness (QED) is 0.520. The molecule has 0 radical (unpaired) electrons. The Morgan fingerprint density at radius 3 is 2.19 bits per heavy atom. The van der Waals surface area contributed by atoms with Gasteiger partial charge in [0, 0.05) is 24.8 Å². The molecule has 1 aromatic heterocycles. The molecule has 2 aromatic carbocycles. The Balaban J connectivity index is 1.76.